The molecular formula is C11H14N2O2. The lowest BCUT2D eigenvalue weighted by atomic mass is 10.3. The molecule has 0 saturated carbocycles. The van der Waals surface area contributed by atoms with Gasteiger partial charge in [0.25, 0.3) is 0 Å². The van der Waals surface area contributed by atoms with Gasteiger partial charge in [-0.3, -0.25) is 4.79 Å². The van der Waals surface area contributed by atoms with Gasteiger partial charge in [0.2, 0.25) is 0 Å². The lowest BCUT2D eigenvalue weighted by molar-refractivity contribution is -0.143. The van der Waals surface area contributed by atoms with Gasteiger partial charge in [-0.15, -0.1) is 0 Å². The first-order chi connectivity index (χ1) is 7.10. The molecule has 4 heteroatoms. The van der Waals surface area contributed by atoms with Crippen LogP contribution in [0.15, 0.2) is 6.07 Å². The summed E-state index contributed by atoms with van der Waals surface area (Å²) in [4.78, 5) is 11.3. The number of carbonyl (C=O) groups excluding carboxylic acids is 1. The van der Waals surface area contributed by atoms with Crippen molar-refractivity contribution in [3.63, 3.8) is 0 Å². The molecule has 0 saturated heterocycles. The van der Waals surface area contributed by atoms with Gasteiger partial charge in [-0.25, -0.2) is 0 Å². The van der Waals surface area contributed by atoms with Crippen molar-refractivity contribution in [1.29, 1.82) is 5.26 Å². The molecule has 0 spiro atoms. The van der Waals surface area contributed by atoms with Gasteiger partial charge in [0.1, 0.15) is 12.6 Å². The molecule has 1 rings (SSSR count). The van der Waals surface area contributed by atoms with Crippen LogP contribution in [-0.2, 0) is 16.1 Å². The lowest BCUT2D eigenvalue weighted by Crippen LogP contribution is -2.15. The van der Waals surface area contributed by atoms with Crippen LogP contribution in [0.1, 0.15) is 23.9 Å². The van der Waals surface area contributed by atoms with E-state index in [2.05, 4.69) is 6.07 Å². The van der Waals surface area contributed by atoms with Crippen molar-refractivity contribution in [3.05, 3.63) is 23.0 Å². The quantitative estimate of drug-likeness (QED) is 0.705. The Bertz CT molecular complexity index is 413. The molecule has 0 atom stereocenters. The third-order valence-electron chi connectivity index (χ3n) is 2.29. The summed E-state index contributed by atoms with van der Waals surface area (Å²) >= 11 is 0. The van der Waals surface area contributed by atoms with E-state index in [1.807, 2.05) is 13.8 Å². The zero-order chi connectivity index (χ0) is 11.4. The predicted octanol–water partition coefficient (Wildman–Crippen LogP) is 1.54. The zero-order valence-corrected chi connectivity index (χ0v) is 9.20. The number of rotatable bonds is 3. The first-order valence-corrected chi connectivity index (χ1v) is 4.82. The highest BCUT2D eigenvalue weighted by Gasteiger charge is 2.11. The van der Waals surface area contributed by atoms with Crippen molar-refractivity contribution in [2.45, 2.75) is 27.3 Å². The van der Waals surface area contributed by atoms with Gasteiger partial charge in [0, 0.05) is 11.4 Å². The molecule has 0 radical (unpaired) electrons. The van der Waals surface area contributed by atoms with Gasteiger partial charge in [-0.1, -0.05) is 0 Å². The number of aryl methyl sites for hydroxylation is 1. The molecule has 4 nitrogen and oxygen atoms in total. The van der Waals surface area contributed by atoms with E-state index in [1.54, 1.807) is 17.6 Å². The van der Waals surface area contributed by atoms with Gasteiger partial charge in [-0.05, 0) is 26.8 Å². The average molecular weight is 206 g/mol. The minimum absolute atomic E-state index is 0.174. The van der Waals surface area contributed by atoms with Crippen LogP contribution in [0.5, 0.6) is 0 Å². The molecule has 0 aliphatic rings. The van der Waals surface area contributed by atoms with Gasteiger partial charge in [0.15, 0.2) is 0 Å². The molecule has 0 bridgehead atoms. The average Bonchev–Trinajstić information content (AvgIpc) is 2.45. The summed E-state index contributed by atoms with van der Waals surface area (Å²) in [6, 6.07) is 3.86. The number of hydrogen-bond donors (Lipinski definition) is 0. The fraction of sp³-hybridized carbons (Fsp3) is 0.455. The maximum atomic E-state index is 11.3. The number of nitrogens with zero attached hydrogens (tertiary/aromatic N) is 2. The summed E-state index contributed by atoms with van der Waals surface area (Å²) in [5, 5.41) is 8.81. The van der Waals surface area contributed by atoms with Crippen molar-refractivity contribution in [2.75, 3.05) is 6.61 Å². The van der Waals surface area contributed by atoms with Gasteiger partial charge in [-0.2, -0.15) is 5.26 Å². The number of esters is 1. The molecule has 0 aliphatic heterocycles. The molecule has 0 amide bonds. The summed E-state index contributed by atoms with van der Waals surface area (Å²) in [7, 11) is 0. The van der Waals surface area contributed by atoms with Crippen LogP contribution < -0.4 is 0 Å². The van der Waals surface area contributed by atoms with Crippen LogP contribution in [0.25, 0.3) is 0 Å². The number of carbonyl (C=O) groups is 1. The molecule has 0 N–H and O–H groups in total. The highest BCUT2D eigenvalue weighted by molar-refractivity contribution is 5.69. The van der Waals surface area contributed by atoms with E-state index in [0.717, 1.165) is 11.4 Å². The summed E-state index contributed by atoms with van der Waals surface area (Å²) in [5.41, 5.74) is 2.32. The van der Waals surface area contributed by atoms with Crippen LogP contribution >= 0.6 is 0 Å². The zero-order valence-electron chi connectivity index (χ0n) is 9.20. The van der Waals surface area contributed by atoms with E-state index >= 15 is 0 Å². The molecule has 0 fully saturated rings. The standard InChI is InChI=1S/C11H14N2O2/c1-4-15-11(14)7-13-8(2)5-10(6-12)9(13)3/h5H,4,7H2,1-3H3. The normalized spacial score (nSPS) is 9.73. The molecule has 15 heavy (non-hydrogen) atoms. The topological polar surface area (TPSA) is 55.0 Å². The van der Waals surface area contributed by atoms with Crippen LogP contribution in [0.4, 0.5) is 0 Å². The Morgan fingerprint density at radius 2 is 2.27 bits per heavy atom. The fourth-order valence-electron chi connectivity index (χ4n) is 1.49. The predicted molar refractivity (Wildman–Crippen MR) is 55.3 cm³/mol. The minimum Gasteiger partial charge on any atom is -0.465 e. The third kappa shape index (κ3) is 2.38. The van der Waals surface area contributed by atoms with Crippen LogP contribution in [0, 0.1) is 25.2 Å². The molecule has 1 aromatic rings. The van der Waals surface area contributed by atoms with Crippen molar-refractivity contribution < 1.29 is 9.53 Å². The van der Waals surface area contributed by atoms with Gasteiger partial charge >= 0.3 is 5.97 Å². The smallest absolute Gasteiger partial charge is 0.325 e. The molecule has 80 valence electrons. The Hall–Kier alpha value is -1.76. The minimum atomic E-state index is -0.274. The van der Waals surface area contributed by atoms with E-state index in [0.29, 0.717) is 12.2 Å². The molecular weight excluding hydrogens is 192 g/mol. The largest absolute Gasteiger partial charge is 0.465 e. The van der Waals surface area contributed by atoms with Crippen LogP contribution in [0.2, 0.25) is 0 Å². The van der Waals surface area contributed by atoms with Crippen molar-refractivity contribution in [3.8, 4) is 6.07 Å². The SMILES string of the molecule is CCOC(=O)Cn1c(C)cc(C#N)c1C. The molecule has 0 aromatic carbocycles. The van der Waals surface area contributed by atoms with Crippen LogP contribution in [-0.4, -0.2) is 17.1 Å². The summed E-state index contributed by atoms with van der Waals surface area (Å²) < 4.78 is 6.64. The maximum Gasteiger partial charge on any atom is 0.325 e. The Morgan fingerprint density at radius 3 is 2.73 bits per heavy atom. The summed E-state index contributed by atoms with van der Waals surface area (Å²) in [5.74, 6) is -0.274. The second-order valence-corrected chi connectivity index (χ2v) is 3.29. The Morgan fingerprint density at radius 1 is 1.60 bits per heavy atom. The van der Waals surface area contributed by atoms with E-state index in [1.165, 1.54) is 0 Å². The van der Waals surface area contributed by atoms with E-state index in [4.69, 9.17) is 10.00 Å². The van der Waals surface area contributed by atoms with Gasteiger partial charge < -0.3 is 9.30 Å². The van der Waals surface area contributed by atoms with E-state index in [-0.39, 0.29) is 12.5 Å². The highest BCUT2D eigenvalue weighted by Crippen LogP contribution is 2.13. The van der Waals surface area contributed by atoms with Crippen molar-refractivity contribution in [2.24, 2.45) is 0 Å². The third-order valence-corrected chi connectivity index (χ3v) is 2.29. The van der Waals surface area contributed by atoms with Crippen molar-refractivity contribution >= 4 is 5.97 Å². The maximum absolute atomic E-state index is 11.3. The van der Waals surface area contributed by atoms with Crippen LogP contribution in [0.3, 0.4) is 0 Å². The first-order valence-electron chi connectivity index (χ1n) is 4.82. The number of ether oxygens (including phenoxy) is 1. The molecule has 0 aliphatic carbocycles. The lowest BCUT2D eigenvalue weighted by Gasteiger charge is -2.07. The second kappa shape index (κ2) is 4.65. The molecule has 1 aromatic heterocycles. The molecule has 1 heterocycles. The number of nitriles is 1. The summed E-state index contributed by atoms with van der Waals surface area (Å²) in [6.45, 7) is 6.02. The number of hydrogen-bond acceptors (Lipinski definition) is 3. The fourth-order valence-corrected chi connectivity index (χ4v) is 1.49. The van der Waals surface area contributed by atoms with Crippen molar-refractivity contribution in [1.82, 2.24) is 4.57 Å². The Balaban J connectivity index is 2.91. The second-order valence-electron chi connectivity index (χ2n) is 3.29. The van der Waals surface area contributed by atoms with E-state index < -0.39 is 0 Å². The highest BCUT2D eigenvalue weighted by atomic mass is 16.5. The Labute approximate surface area is 89.1 Å². The van der Waals surface area contributed by atoms with E-state index in [9.17, 15) is 4.79 Å². The molecule has 0 unspecified atom stereocenters. The van der Waals surface area contributed by atoms with Gasteiger partial charge in [0.05, 0.1) is 12.2 Å². The first kappa shape index (κ1) is 11.3. The number of aromatic nitrogens is 1. The summed E-state index contributed by atoms with van der Waals surface area (Å²) in [6.07, 6.45) is 0. The Kier molecular flexibility index (Phi) is 3.51. The monoisotopic (exact) mass is 206 g/mol.